The molecule has 0 radical (unpaired) electrons. The van der Waals surface area contributed by atoms with Crippen molar-refractivity contribution in [2.24, 2.45) is 0 Å². The van der Waals surface area contributed by atoms with Crippen LogP contribution >= 0.6 is 27.5 Å². The minimum absolute atomic E-state index is 0.112. The second kappa shape index (κ2) is 4.89. The first-order chi connectivity index (χ1) is 8.00. The highest BCUT2D eigenvalue weighted by molar-refractivity contribution is 9.10. The Balaban J connectivity index is 2.38. The SMILES string of the molecule is O=C1O[C@@H](O)C([S@](=O)c2ccc(Br)cc2)=C1Cl. The summed E-state index contributed by atoms with van der Waals surface area (Å²) >= 11 is 8.89. The van der Waals surface area contributed by atoms with E-state index in [2.05, 4.69) is 20.7 Å². The fourth-order valence-electron chi connectivity index (χ4n) is 1.27. The van der Waals surface area contributed by atoms with E-state index in [9.17, 15) is 14.1 Å². The molecule has 1 N–H and O–H groups in total. The third-order valence-electron chi connectivity index (χ3n) is 2.07. The molecule has 0 saturated carbocycles. The van der Waals surface area contributed by atoms with Crippen molar-refractivity contribution in [1.29, 1.82) is 0 Å². The van der Waals surface area contributed by atoms with Crippen molar-refractivity contribution in [2.75, 3.05) is 0 Å². The largest absolute Gasteiger partial charge is 0.426 e. The van der Waals surface area contributed by atoms with Crippen LogP contribution in [0.15, 0.2) is 43.6 Å². The van der Waals surface area contributed by atoms with Crippen LogP contribution in [0.1, 0.15) is 0 Å². The molecule has 0 aromatic heterocycles. The fourth-order valence-corrected chi connectivity index (χ4v) is 3.00. The zero-order chi connectivity index (χ0) is 12.6. The molecular formula is C10H6BrClO4S. The number of ether oxygens (including phenoxy) is 1. The maximum atomic E-state index is 12.1. The molecule has 0 spiro atoms. The van der Waals surface area contributed by atoms with Gasteiger partial charge in [-0.1, -0.05) is 27.5 Å². The van der Waals surface area contributed by atoms with Gasteiger partial charge in [-0.15, -0.1) is 0 Å². The molecule has 0 fully saturated rings. The van der Waals surface area contributed by atoms with E-state index in [1.54, 1.807) is 24.3 Å². The fraction of sp³-hybridized carbons (Fsp3) is 0.100. The third-order valence-corrected chi connectivity index (χ3v) is 4.57. The molecule has 0 aliphatic carbocycles. The van der Waals surface area contributed by atoms with E-state index in [1.807, 2.05) is 0 Å². The molecule has 17 heavy (non-hydrogen) atoms. The molecule has 2 rings (SSSR count). The molecule has 1 heterocycles. The Morgan fingerprint density at radius 1 is 1.35 bits per heavy atom. The van der Waals surface area contributed by atoms with E-state index in [0.29, 0.717) is 4.90 Å². The van der Waals surface area contributed by atoms with E-state index >= 15 is 0 Å². The van der Waals surface area contributed by atoms with Gasteiger partial charge in [0.25, 0.3) is 0 Å². The summed E-state index contributed by atoms with van der Waals surface area (Å²) < 4.78 is 17.4. The van der Waals surface area contributed by atoms with Crippen LogP contribution in [0.3, 0.4) is 0 Å². The second-order valence-electron chi connectivity index (χ2n) is 3.16. The van der Waals surface area contributed by atoms with Gasteiger partial charge in [0, 0.05) is 9.37 Å². The van der Waals surface area contributed by atoms with Crippen LogP contribution in [-0.4, -0.2) is 21.6 Å². The maximum absolute atomic E-state index is 12.1. The lowest BCUT2D eigenvalue weighted by atomic mass is 10.4. The smallest absolute Gasteiger partial charge is 0.353 e. The van der Waals surface area contributed by atoms with Crippen molar-refractivity contribution >= 4 is 44.3 Å². The van der Waals surface area contributed by atoms with Crippen molar-refractivity contribution in [3.8, 4) is 0 Å². The highest BCUT2D eigenvalue weighted by Crippen LogP contribution is 2.30. The Morgan fingerprint density at radius 3 is 2.41 bits per heavy atom. The number of benzene rings is 1. The summed E-state index contributed by atoms with van der Waals surface area (Å²) in [6.45, 7) is 0. The summed E-state index contributed by atoms with van der Waals surface area (Å²) in [6.07, 6.45) is -1.54. The standard InChI is InChI=1S/C10H6BrClO4S/c11-5-1-3-6(4-2-5)17(15)8-7(12)9(13)16-10(8)14/h1-4,10,14H/t10-,17-/m1/s1. The second-order valence-corrected chi connectivity index (χ2v) is 5.90. The van der Waals surface area contributed by atoms with Crippen LogP contribution in [0, 0.1) is 0 Å². The molecule has 1 aromatic rings. The number of cyclic esters (lactones) is 1. The van der Waals surface area contributed by atoms with Crippen LogP contribution in [0.25, 0.3) is 0 Å². The Hall–Kier alpha value is -0.690. The van der Waals surface area contributed by atoms with Gasteiger partial charge in [0.15, 0.2) is 0 Å². The Bertz CT molecular complexity index is 526. The summed E-state index contributed by atoms with van der Waals surface area (Å²) in [5.41, 5.74) is 0. The number of aliphatic hydroxyl groups excluding tert-OH is 1. The van der Waals surface area contributed by atoms with Gasteiger partial charge in [0.1, 0.15) is 9.94 Å². The zero-order valence-corrected chi connectivity index (χ0v) is 11.4. The zero-order valence-electron chi connectivity index (χ0n) is 8.22. The van der Waals surface area contributed by atoms with E-state index < -0.39 is 23.1 Å². The molecule has 4 nitrogen and oxygen atoms in total. The van der Waals surface area contributed by atoms with Crippen molar-refractivity contribution in [3.05, 3.63) is 38.7 Å². The van der Waals surface area contributed by atoms with Gasteiger partial charge in [-0.2, -0.15) is 0 Å². The highest BCUT2D eigenvalue weighted by Gasteiger charge is 2.36. The average molecular weight is 338 g/mol. The minimum atomic E-state index is -1.72. The van der Waals surface area contributed by atoms with Crippen LogP contribution in [0.5, 0.6) is 0 Å². The molecule has 2 atom stereocenters. The van der Waals surface area contributed by atoms with Crippen molar-refractivity contribution < 1.29 is 18.8 Å². The van der Waals surface area contributed by atoms with Gasteiger partial charge in [-0.3, -0.25) is 0 Å². The van der Waals surface area contributed by atoms with Crippen LogP contribution in [0.4, 0.5) is 0 Å². The number of aliphatic hydroxyl groups is 1. The predicted octanol–water partition coefficient (Wildman–Crippen LogP) is 1.88. The van der Waals surface area contributed by atoms with Crippen molar-refractivity contribution in [1.82, 2.24) is 0 Å². The number of hydrogen-bond donors (Lipinski definition) is 1. The summed E-state index contributed by atoms with van der Waals surface area (Å²) in [5.74, 6) is -0.861. The minimum Gasteiger partial charge on any atom is -0.426 e. The van der Waals surface area contributed by atoms with Gasteiger partial charge < -0.3 is 9.84 Å². The lowest BCUT2D eigenvalue weighted by molar-refractivity contribution is -0.150. The highest BCUT2D eigenvalue weighted by atomic mass is 79.9. The van der Waals surface area contributed by atoms with Crippen LogP contribution < -0.4 is 0 Å². The van der Waals surface area contributed by atoms with Gasteiger partial charge >= 0.3 is 5.97 Å². The monoisotopic (exact) mass is 336 g/mol. The number of hydrogen-bond acceptors (Lipinski definition) is 4. The molecule has 0 unspecified atom stereocenters. The lowest BCUT2D eigenvalue weighted by Crippen LogP contribution is -2.13. The molecule has 1 aromatic carbocycles. The molecule has 1 aliphatic rings. The van der Waals surface area contributed by atoms with E-state index in [4.69, 9.17) is 11.6 Å². The summed E-state index contributed by atoms with van der Waals surface area (Å²) in [5, 5.41) is 9.11. The number of rotatable bonds is 2. The quantitative estimate of drug-likeness (QED) is 0.837. The van der Waals surface area contributed by atoms with Gasteiger partial charge in [0.2, 0.25) is 6.29 Å². The lowest BCUT2D eigenvalue weighted by Gasteiger charge is -2.07. The molecule has 7 heteroatoms. The normalized spacial score (nSPS) is 21.6. The number of halogens is 2. The molecule has 90 valence electrons. The summed E-state index contributed by atoms with van der Waals surface area (Å²) in [7, 11) is -1.72. The van der Waals surface area contributed by atoms with E-state index in [1.165, 1.54) is 0 Å². The average Bonchev–Trinajstić information content (AvgIpc) is 2.53. The Labute approximate surface area is 113 Å². The third kappa shape index (κ3) is 2.44. The van der Waals surface area contributed by atoms with E-state index in [-0.39, 0.29) is 9.94 Å². The van der Waals surface area contributed by atoms with Crippen molar-refractivity contribution in [3.63, 3.8) is 0 Å². The summed E-state index contributed by atoms with van der Waals surface area (Å²) in [6, 6.07) is 6.61. The van der Waals surface area contributed by atoms with Gasteiger partial charge in [-0.05, 0) is 24.3 Å². The molecule has 0 saturated heterocycles. The Morgan fingerprint density at radius 2 is 1.94 bits per heavy atom. The number of carbonyl (C=O) groups excluding carboxylic acids is 1. The van der Waals surface area contributed by atoms with Crippen molar-refractivity contribution in [2.45, 2.75) is 11.2 Å². The van der Waals surface area contributed by atoms with Gasteiger partial charge in [-0.25, -0.2) is 9.00 Å². The number of carbonyl (C=O) groups is 1. The number of esters is 1. The van der Waals surface area contributed by atoms with Gasteiger partial charge in [0.05, 0.1) is 10.8 Å². The maximum Gasteiger partial charge on any atom is 0.353 e. The Kier molecular flexibility index (Phi) is 3.67. The molecule has 0 bridgehead atoms. The first-order valence-electron chi connectivity index (χ1n) is 4.47. The molecular weight excluding hydrogens is 332 g/mol. The summed E-state index contributed by atoms with van der Waals surface area (Å²) in [4.78, 5) is 11.4. The first-order valence-corrected chi connectivity index (χ1v) is 6.79. The topological polar surface area (TPSA) is 63.6 Å². The molecule has 0 amide bonds. The molecule has 1 aliphatic heterocycles. The van der Waals surface area contributed by atoms with Crippen LogP contribution in [0.2, 0.25) is 0 Å². The van der Waals surface area contributed by atoms with E-state index in [0.717, 1.165) is 4.47 Å². The predicted molar refractivity (Wildman–Crippen MR) is 65.5 cm³/mol. The van der Waals surface area contributed by atoms with Crippen LogP contribution in [-0.2, 0) is 20.3 Å². The first kappa shape index (κ1) is 12.8.